The SMILES string of the molecule is CN=C(NCC(=O)NCCOC)Nc1cc(OC)c(OC)c(OC)c1.I. The minimum absolute atomic E-state index is 0. The van der Waals surface area contributed by atoms with Crippen LogP contribution in [-0.4, -0.2) is 67.0 Å². The van der Waals surface area contributed by atoms with E-state index >= 15 is 0 Å². The molecule has 0 aliphatic carbocycles. The van der Waals surface area contributed by atoms with Crippen LogP contribution in [0.25, 0.3) is 0 Å². The molecule has 0 saturated carbocycles. The molecule has 1 amide bonds. The Labute approximate surface area is 170 Å². The van der Waals surface area contributed by atoms with Gasteiger partial charge in [-0.3, -0.25) is 9.79 Å². The van der Waals surface area contributed by atoms with Gasteiger partial charge >= 0.3 is 0 Å². The van der Waals surface area contributed by atoms with E-state index in [9.17, 15) is 4.79 Å². The number of halogens is 1. The highest BCUT2D eigenvalue weighted by molar-refractivity contribution is 14.0. The van der Waals surface area contributed by atoms with Crippen molar-refractivity contribution in [2.24, 2.45) is 4.99 Å². The largest absolute Gasteiger partial charge is 0.493 e. The molecule has 0 heterocycles. The highest BCUT2D eigenvalue weighted by Gasteiger charge is 2.14. The number of anilines is 1. The molecule has 0 aromatic heterocycles. The van der Waals surface area contributed by atoms with E-state index in [2.05, 4.69) is 20.9 Å². The van der Waals surface area contributed by atoms with Crippen LogP contribution in [0.4, 0.5) is 5.69 Å². The smallest absolute Gasteiger partial charge is 0.239 e. The molecule has 1 aromatic rings. The molecule has 148 valence electrons. The molecule has 1 aromatic carbocycles. The van der Waals surface area contributed by atoms with Crippen molar-refractivity contribution in [2.75, 3.05) is 60.5 Å². The van der Waals surface area contributed by atoms with Crippen LogP contribution in [0.3, 0.4) is 0 Å². The molecule has 0 bridgehead atoms. The average Bonchev–Trinajstić information content (AvgIpc) is 2.64. The zero-order chi connectivity index (χ0) is 18.7. The van der Waals surface area contributed by atoms with Gasteiger partial charge < -0.3 is 34.9 Å². The second-order valence-corrected chi connectivity index (χ2v) is 4.81. The molecule has 0 aliphatic heterocycles. The number of nitrogens with one attached hydrogen (secondary N) is 3. The summed E-state index contributed by atoms with van der Waals surface area (Å²) in [6.07, 6.45) is 0. The molecule has 3 N–H and O–H groups in total. The highest BCUT2D eigenvalue weighted by Crippen LogP contribution is 2.39. The molecule has 26 heavy (non-hydrogen) atoms. The fraction of sp³-hybridized carbons (Fsp3) is 0.500. The van der Waals surface area contributed by atoms with E-state index in [0.29, 0.717) is 42.0 Å². The number of hydrogen-bond acceptors (Lipinski definition) is 6. The van der Waals surface area contributed by atoms with Crippen LogP contribution >= 0.6 is 24.0 Å². The minimum Gasteiger partial charge on any atom is -0.493 e. The molecule has 0 unspecified atom stereocenters. The fourth-order valence-electron chi connectivity index (χ4n) is 1.99. The summed E-state index contributed by atoms with van der Waals surface area (Å²) in [5, 5.41) is 8.70. The van der Waals surface area contributed by atoms with Crippen molar-refractivity contribution in [3.8, 4) is 17.2 Å². The van der Waals surface area contributed by atoms with Gasteiger partial charge in [0.15, 0.2) is 17.5 Å². The summed E-state index contributed by atoms with van der Waals surface area (Å²) < 4.78 is 20.8. The number of hydrogen-bond donors (Lipinski definition) is 3. The molecule has 10 heteroatoms. The third-order valence-electron chi connectivity index (χ3n) is 3.20. The summed E-state index contributed by atoms with van der Waals surface area (Å²) in [5.74, 6) is 1.78. The van der Waals surface area contributed by atoms with Crippen molar-refractivity contribution >= 4 is 41.5 Å². The standard InChI is InChI=1S/C16H26N4O5.HI/c1-17-16(19-10-14(21)18-6-7-22-2)20-11-8-12(23-3)15(25-5)13(9-11)24-4;/h8-9H,6-7,10H2,1-5H3,(H,18,21)(H2,17,19,20);1H. The summed E-state index contributed by atoms with van der Waals surface area (Å²) in [6, 6.07) is 3.49. The Balaban J connectivity index is 0.00000625. The predicted molar refractivity (Wildman–Crippen MR) is 111 cm³/mol. The topological polar surface area (TPSA) is 102 Å². The number of guanidine groups is 1. The zero-order valence-corrected chi connectivity index (χ0v) is 18.0. The summed E-state index contributed by atoms with van der Waals surface area (Å²) in [6.45, 7) is 0.994. The van der Waals surface area contributed by atoms with Gasteiger partial charge in [-0.25, -0.2) is 0 Å². The Kier molecular flexibility index (Phi) is 12.3. The number of carbonyl (C=O) groups is 1. The van der Waals surface area contributed by atoms with E-state index in [1.165, 1.54) is 7.11 Å². The number of nitrogens with zero attached hydrogens (tertiary/aromatic N) is 1. The van der Waals surface area contributed by atoms with Crippen molar-refractivity contribution in [2.45, 2.75) is 0 Å². The normalized spacial score (nSPS) is 10.4. The molecule has 0 aliphatic rings. The van der Waals surface area contributed by atoms with Crippen LogP contribution in [0.15, 0.2) is 17.1 Å². The molecular weight excluding hydrogens is 455 g/mol. The van der Waals surface area contributed by atoms with Gasteiger partial charge in [-0.05, 0) is 0 Å². The van der Waals surface area contributed by atoms with Crippen molar-refractivity contribution in [1.82, 2.24) is 10.6 Å². The fourth-order valence-corrected chi connectivity index (χ4v) is 1.99. The Morgan fingerprint density at radius 3 is 2.12 bits per heavy atom. The van der Waals surface area contributed by atoms with Crippen LogP contribution in [0.1, 0.15) is 0 Å². The van der Waals surface area contributed by atoms with Gasteiger partial charge in [-0.1, -0.05) is 0 Å². The Hall–Kier alpha value is -1.95. The van der Waals surface area contributed by atoms with Crippen LogP contribution in [-0.2, 0) is 9.53 Å². The highest BCUT2D eigenvalue weighted by atomic mass is 127. The van der Waals surface area contributed by atoms with E-state index in [0.717, 1.165) is 0 Å². The average molecular weight is 482 g/mol. The van der Waals surface area contributed by atoms with Crippen molar-refractivity contribution in [1.29, 1.82) is 0 Å². The van der Waals surface area contributed by atoms with Crippen molar-refractivity contribution in [3.63, 3.8) is 0 Å². The summed E-state index contributed by atoms with van der Waals surface area (Å²) in [4.78, 5) is 15.8. The minimum atomic E-state index is -0.162. The van der Waals surface area contributed by atoms with Gasteiger partial charge in [-0.2, -0.15) is 0 Å². The maximum absolute atomic E-state index is 11.7. The third kappa shape index (κ3) is 7.52. The lowest BCUT2D eigenvalue weighted by atomic mass is 10.2. The first-order chi connectivity index (χ1) is 12.1. The number of benzene rings is 1. The van der Waals surface area contributed by atoms with Crippen LogP contribution < -0.4 is 30.2 Å². The maximum Gasteiger partial charge on any atom is 0.239 e. The molecule has 1 rings (SSSR count). The Bertz CT molecular complexity index is 573. The lowest BCUT2D eigenvalue weighted by Crippen LogP contribution is -2.40. The molecule has 9 nitrogen and oxygen atoms in total. The summed E-state index contributed by atoms with van der Waals surface area (Å²) in [7, 11) is 7.80. The number of methoxy groups -OCH3 is 4. The quantitative estimate of drug-likeness (QED) is 0.210. The van der Waals surface area contributed by atoms with Crippen LogP contribution in [0, 0.1) is 0 Å². The lowest BCUT2D eigenvalue weighted by molar-refractivity contribution is -0.120. The molecule has 0 spiro atoms. The van der Waals surface area contributed by atoms with Gasteiger partial charge in [0.2, 0.25) is 11.7 Å². The van der Waals surface area contributed by atoms with E-state index in [-0.39, 0.29) is 36.4 Å². The van der Waals surface area contributed by atoms with E-state index in [4.69, 9.17) is 18.9 Å². The maximum atomic E-state index is 11.7. The zero-order valence-electron chi connectivity index (χ0n) is 15.7. The first-order valence-electron chi connectivity index (χ1n) is 7.62. The van der Waals surface area contributed by atoms with E-state index in [1.807, 2.05) is 0 Å². The number of carbonyl (C=O) groups excluding carboxylic acids is 1. The van der Waals surface area contributed by atoms with Gasteiger partial charge in [0, 0.05) is 38.5 Å². The second kappa shape index (κ2) is 13.3. The van der Waals surface area contributed by atoms with Crippen LogP contribution in [0.2, 0.25) is 0 Å². The first kappa shape index (κ1) is 24.1. The first-order valence-corrected chi connectivity index (χ1v) is 7.62. The summed E-state index contributed by atoms with van der Waals surface area (Å²) >= 11 is 0. The molecule has 0 fully saturated rings. The van der Waals surface area contributed by atoms with Crippen molar-refractivity contribution in [3.05, 3.63) is 12.1 Å². The number of aliphatic imine (C=N–C) groups is 1. The molecule has 0 atom stereocenters. The van der Waals surface area contributed by atoms with Crippen LogP contribution in [0.5, 0.6) is 17.2 Å². The predicted octanol–water partition coefficient (Wildman–Crippen LogP) is 1.08. The van der Waals surface area contributed by atoms with E-state index < -0.39 is 0 Å². The van der Waals surface area contributed by atoms with Gasteiger partial charge in [0.05, 0.1) is 34.5 Å². The van der Waals surface area contributed by atoms with Crippen molar-refractivity contribution < 1.29 is 23.7 Å². The number of rotatable bonds is 9. The van der Waals surface area contributed by atoms with Gasteiger partial charge in [0.1, 0.15) is 0 Å². The van der Waals surface area contributed by atoms with E-state index in [1.54, 1.807) is 40.5 Å². The third-order valence-corrected chi connectivity index (χ3v) is 3.20. The van der Waals surface area contributed by atoms with Gasteiger partial charge in [0.25, 0.3) is 0 Å². The lowest BCUT2D eigenvalue weighted by Gasteiger charge is -2.16. The Morgan fingerprint density at radius 1 is 1.04 bits per heavy atom. The molecular formula is C16H27IN4O5. The second-order valence-electron chi connectivity index (χ2n) is 4.81. The van der Waals surface area contributed by atoms with Gasteiger partial charge in [-0.15, -0.1) is 24.0 Å². The monoisotopic (exact) mass is 482 g/mol. The molecule has 0 saturated heterocycles. The molecule has 0 radical (unpaired) electrons. The Morgan fingerprint density at radius 2 is 1.65 bits per heavy atom. The summed E-state index contributed by atoms with van der Waals surface area (Å²) in [5.41, 5.74) is 0.669. The number of ether oxygens (including phenoxy) is 4. The number of amides is 1.